The Balaban J connectivity index is 1.87. The zero-order valence-electron chi connectivity index (χ0n) is 13.6. The second-order valence-electron chi connectivity index (χ2n) is 6.07. The molecule has 5 heteroatoms. The minimum atomic E-state index is -3.04. The van der Waals surface area contributed by atoms with Gasteiger partial charge >= 0.3 is 0 Å². The summed E-state index contributed by atoms with van der Waals surface area (Å²) in [7, 11) is -1.37. The topological polar surface area (TPSA) is 46.6 Å². The third-order valence-corrected chi connectivity index (χ3v) is 6.38. The molecule has 2 rings (SSSR count). The molecule has 1 aliphatic heterocycles. The number of benzene rings is 1. The summed E-state index contributed by atoms with van der Waals surface area (Å²) in [6, 6.07) is 8.14. The number of ether oxygens (including phenoxy) is 1. The molecule has 0 spiro atoms. The Labute approximate surface area is 134 Å². The van der Waals surface area contributed by atoms with E-state index in [0.717, 1.165) is 31.4 Å². The normalized spacial score (nSPS) is 20.0. The maximum absolute atomic E-state index is 12.2. The standard InChI is InChI=1S/C17H27NO3S/c1-3-13-22(19,20)18-12-4-5-16(14-18)7-6-15-8-10-17(21-2)11-9-15/h8-11,16H,3-7,12-14H2,1-2H3/t16-/m1/s1. The highest BCUT2D eigenvalue weighted by Gasteiger charge is 2.27. The summed E-state index contributed by atoms with van der Waals surface area (Å²) < 4.78 is 31.2. The van der Waals surface area contributed by atoms with E-state index < -0.39 is 10.0 Å². The summed E-state index contributed by atoms with van der Waals surface area (Å²) in [6.45, 7) is 3.31. The van der Waals surface area contributed by atoms with Crippen LogP contribution in [-0.4, -0.2) is 38.7 Å². The summed E-state index contributed by atoms with van der Waals surface area (Å²) in [4.78, 5) is 0. The predicted octanol–water partition coefficient (Wildman–Crippen LogP) is 3.08. The van der Waals surface area contributed by atoms with Gasteiger partial charge in [-0.1, -0.05) is 19.1 Å². The third-order valence-electron chi connectivity index (χ3n) is 4.34. The van der Waals surface area contributed by atoms with Crippen molar-refractivity contribution in [1.82, 2.24) is 4.31 Å². The van der Waals surface area contributed by atoms with Crippen LogP contribution in [0.2, 0.25) is 0 Å². The van der Waals surface area contributed by atoms with Crippen LogP contribution in [0.4, 0.5) is 0 Å². The van der Waals surface area contributed by atoms with Crippen molar-refractivity contribution in [3.8, 4) is 5.75 Å². The van der Waals surface area contributed by atoms with Crippen molar-refractivity contribution in [1.29, 1.82) is 0 Å². The summed E-state index contributed by atoms with van der Waals surface area (Å²) in [6.07, 6.45) is 4.85. The molecule has 124 valence electrons. The molecule has 1 heterocycles. The monoisotopic (exact) mass is 325 g/mol. The summed E-state index contributed by atoms with van der Waals surface area (Å²) >= 11 is 0. The molecule has 0 N–H and O–H groups in total. The molecule has 0 amide bonds. The lowest BCUT2D eigenvalue weighted by atomic mass is 9.93. The highest BCUT2D eigenvalue weighted by Crippen LogP contribution is 2.24. The molecule has 0 saturated carbocycles. The Kier molecular flexibility index (Phi) is 6.26. The van der Waals surface area contributed by atoms with E-state index in [1.807, 2.05) is 19.1 Å². The maximum Gasteiger partial charge on any atom is 0.214 e. The summed E-state index contributed by atoms with van der Waals surface area (Å²) in [5.41, 5.74) is 1.29. The van der Waals surface area contributed by atoms with Gasteiger partial charge < -0.3 is 4.74 Å². The lowest BCUT2D eigenvalue weighted by Gasteiger charge is -2.32. The second-order valence-corrected chi connectivity index (χ2v) is 8.16. The molecule has 1 aromatic rings. The fourth-order valence-corrected chi connectivity index (χ4v) is 4.68. The average Bonchev–Trinajstić information content (AvgIpc) is 2.54. The van der Waals surface area contributed by atoms with Crippen molar-refractivity contribution in [3.05, 3.63) is 29.8 Å². The average molecular weight is 325 g/mol. The molecular weight excluding hydrogens is 298 g/mol. The molecule has 1 saturated heterocycles. The fourth-order valence-electron chi connectivity index (χ4n) is 3.07. The van der Waals surface area contributed by atoms with Gasteiger partial charge in [0.05, 0.1) is 12.9 Å². The highest BCUT2D eigenvalue weighted by atomic mass is 32.2. The summed E-state index contributed by atoms with van der Waals surface area (Å²) in [5, 5.41) is 0. The van der Waals surface area contributed by atoms with Crippen LogP contribution in [0.5, 0.6) is 5.75 Å². The van der Waals surface area contributed by atoms with Crippen LogP contribution in [0.25, 0.3) is 0 Å². The smallest absolute Gasteiger partial charge is 0.214 e. The molecule has 1 atom stereocenters. The van der Waals surface area contributed by atoms with Gasteiger partial charge in [0.1, 0.15) is 5.75 Å². The van der Waals surface area contributed by atoms with Crippen molar-refractivity contribution in [2.45, 2.75) is 39.0 Å². The van der Waals surface area contributed by atoms with Gasteiger partial charge in [-0.15, -0.1) is 0 Å². The van der Waals surface area contributed by atoms with Crippen LogP contribution >= 0.6 is 0 Å². The van der Waals surface area contributed by atoms with E-state index in [1.54, 1.807) is 11.4 Å². The first kappa shape index (κ1) is 17.3. The first-order valence-corrected chi connectivity index (χ1v) is 9.77. The molecule has 0 unspecified atom stereocenters. The molecule has 22 heavy (non-hydrogen) atoms. The molecule has 1 aliphatic rings. The van der Waals surface area contributed by atoms with E-state index in [-0.39, 0.29) is 5.75 Å². The largest absolute Gasteiger partial charge is 0.497 e. The predicted molar refractivity (Wildman–Crippen MR) is 89.7 cm³/mol. The Bertz CT molecular complexity index is 554. The van der Waals surface area contributed by atoms with Crippen LogP contribution < -0.4 is 4.74 Å². The van der Waals surface area contributed by atoms with E-state index in [0.29, 0.717) is 25.4 Å². The van der Waals surface area contributed by atoms with Gasteiger partial charge in [-0.2, -0.15) is 0 Å². The van der Waals surface area contributed by atoms with Crippen molar-refractivity contribution in [2.24, 2.45) is 5.92 Å². The van der Waals surface area contributed by atoms with Gasteiger partial charge in [-0.05, 0) is 55.7 Å². The number of methoxy groups -OCH3 is 1. The van der Waals surface area contributed by atoms with E-state index in [9.17, 15) is 8.42 Å². The number of hydrogen-bond donors (Lipinski definition) is 0. The van der Waals surface area contributed by atoms with Crippen LogP contribution in [0.3, 0.4) is 0 Å². The SMILES string of the molecule is CCCS(=O)(=O)N1CCC[C@H](CCc2ccc(OC)cc2)C1. The zero-order valence-corrected chi connectivity index (χ0v) is 14.4. The van der Waals surface area contributed by atoms with E-state index in [1.165, 1.54) is 5.56 Å². The van der Waals surface area contributed by atoms with E-state index in [4.69, 9.17) is 4.74 Å². The molecule has 0 aliphatic carbocycles. The lowest BCUT2D eigenvalue weighted by molar-refractivity contribution is 0.256. The highest BCUT2D eigenvalue weighted by molar-refractivity contribution is 7.89. The van der Waals surface area contributed by atoms with Gasteiger partial charge in [0, 0.05) is 13.1 Å². The van der Waals surface area contributed by atoms with Crippen molar-refractivity contribution in [2.75, 3.05) is 26.0 Å². The van der Waals surface area contributed by atoms with Crippen molar-refractivity contribution in [3.63, 3.8) is 0 Å². The number of rotatable bonds is 7. The second kappa shape index (κ2) is 7.97. The number of aryl methyl sites for hydroxylation is 1. The zero-order chi connectivity index (χ0) is 16.0. The summed E-state index contributed by atoms with van der Waals surface area (Å²) in [5.74, 6) is 1.62. The van der Waals surface area contributed by atoms with Gasteiger partial charge in [-0.25, -0.2) is 12.7 Å². The van der Waals surface area contributed by atoms with Crippen LogP contribution in [0, 0.1) is 5.92 Å². The number of hydrogen-bond acceptors (Lipinski definition) is 3. The minimum Gasteiger partial charge on any atom is -0.497 e. The molecule has 0 aromatic heterocycles. The quantitative estimate of drug-likeness (QED) is 0.774. The Hall–Kier alpha value is -1.07. The fraction of sp³-hybridized carbons (Fsp3) is 0.647. The Morgan fingerprint density at radius 2 is 2.00 bits per heavy atom. The molecule has 1 fully saturated rings. The number of piperidine rings is 1. The van der Waals surface area contributed by atoms with Gasteiger partial charge in [0.25, 0.3) is 0 Å². The minimum absolute atomic E-state index is 0.276. The van der Waals surface area contributed by atoms with Gasteiger partial charge in [-0.3, -0.25) is 0 Å². The Morgan fingerprint density at radius 1 is 1.27 bits per heavy atom. The molecule has 1 aromatic carbocycles. The van der Waals surface area contributed by atoms with Gasteiger partial charge in [0.2, 0.25) is 10.0 Å². The Morgan fingerprint density at radius 3 is 2.64 bits per heavy atom. The first-order chi connectivity index (χ1) is 10.5. The van der Waals surface area contributed by atoms with E-state index in [2.05, 4.69) is 12.1 Å². The van der Waals surface area contributed by atoms with Crippen molar-refractivity contribution >= 4 is 10.0 Å². The molecule has 4 nitrogen and oxygen atoms in total. The van der Waals surface area contributed by atoms with Gasteiger partial charge in [0.15, 0.2) is 0 Å². The molecule has 0 bridgehead atoms. The van der Waals surface area contributed by atoms with Crippen molar-refractivity contribution < 1.29 is 13.2 Å². The maximum atomic E-state index is 12.2. The van der Waals surface area contributed by atoms with Crippen LogP contribution in [0.1, 0.15) is 38.2 Å². The lowest BCUT2D eigenvalue weighted by Crippen LogP contribution is -2.41. The third kappa shape index (κ3) is 4.71. The molecular formula is C17H27NO3S. The molecule has 0 radical (unpaired) electrons. The van der Waals surface area contributed by atoms with E-state index >= 15 is 0 Å². The first-order valence-electron chi connectivity index (χ1n) is 8.16. The number of sulfonamides is 1. The van der Waals surface area contributed by atoms with Crippen LogP contribution in [-0.2, 0) is 16.4 Å². The van der Waals surface area contributed by atoms with Crippen LogP contribution in [0.15, 0.2) is 24.3 Å². The number of nitrogens with zero attached hydrogens (tertiary/aromatic N) is 1.